The van der Waals surface area contributed by atoms with Crippen LogP contribution in [-0.4, -0.2) is 58.8 Å². The van der Waals surface area contributed by atoms with Crippen LogP contribution >= 0.6 is 0 Å². The minimum atomic E-state index is -0.988. The number of amides is 1. The summed E-state index contributed by atoms with van der Waals surface area (Å²) in [5.41, 5.74) is 0.363. The second kappa shape index (κ2) is 6.15. The summed E-state index contributed by atoms with van der Waals surface area (Å²) in [7, 11) is 3.83. The smallest absolute Gasteiger partial charge is 0.328 e. The first-order chi connectivity index (χ1) is 8.41. The molecule has 7 nitrogen and oxygen atoms in total. The summed E-state index contributed by atoms with van der Waals surface area (Å²) in [6, 6.07) is -0.784. The quantitative estimate of drug-likeness (QED) is 0.735. The number of rotatable bonds is 6. The number of nitrogens with one attached hydrogen (secondary N) is 1. The van der Waals surface area contributed by atoms with E-state index in [0.717, 1.165) is 6.54 Å². The maximum absolute atomic E-state index is 11.7. The van der Waals surface area contributed by atoms with Gasteiger partial charge < -0.3 is 15.3 Å². The Balaban J connectivity index is 2.57. The lowest BCUT2D eigenvalue weighted by atomic mass is 10.3. The van der Waals surface area contributed by atoms with Gasteiger partial charge in [-0.2, -0.15) is 5.10 Å². The second-order valence-electron chi connectivity index (χ2n) is 4.28. The van der Waals surface area contributed by atoms with Gasteiger partial charge in [0.1, 0.15) is 6.04 Å². The summed E-state index contributed by atoms with van der Waals surface area (Å²) in [6.45, 7) is 2.78. The molecule has 2 N–H and O–H groups in total. The van der Waals surface area contributed by atoms with Crippen molar-refractivity contribution in [3.05, 3.63) is 18.0 Å². The van der Waals surface area contributed by atoms with Gasteiger partial charge in [-0.1, -0.05) is 0 Å². The van der Waals surface area contributed by atoms with Gasteiger partial charge in [-0.3, -0.25) is 9.48 Å². The maximum Gasteiger partial charge on any atom is 0.328 e. The zero-order valence-electron chi connectivity index (χ0n) is 10.8. The van der Waals surface area contributed by atoms with Gasteiger partial charge in [0.05, 0.1) is 11.8 Å². The van der Waals surface area contributed by atoms with E-state index in [1.807, 2.05) is 19.0 Å². The predicted molar refractivity (Wildman–Crippen MR) is 65.5 cm³/mol. The third-order valence-corrected chi connectivity index (χ3v) is 2.46. The first-order valence-electron chi connectivity index (χ1n) is 5.61. The van der Waals surface area contributed by atoms with E-state index in [1.54, 1.807) is 0 Å². The average Bonchev–Trinajstić information content (AvgIpc) is 2.76. The highest BCUT2D eigenvalue weighted by Gasteiger charge is 2.16. The standard InChI is InChI=1S/C11H18N4O3/c1-8(11(17)18)15-7-9(6-13-15)10(16)12-4-5-14(2)3/h6-8H,4-5H2,1-3H3,(H,12,16)(H,17,18). The van der Waals surface area contributed by atoms with Crippen LogP contribution < -0.4 is 5.32 Å². The minimum Gasteiger partial charge on any atom is -0.480 e. The summed E-state index contributed by atoms with van der Waals surface area (Å²) >= 11 is 0. The Morgan fingerprint density at radius 1 is 1.56 bits per heavy atom. The number of hydrogen-bond donors (Lipinski definition) is 2. The fraction of sp³-hybridized carbons (Fsp3) is 0.545. The SMILES string of the molecule is CC(C(=O)O)n1cc(C(=O)NCCN(C)C)cn1. The van der Waals surface area contributed by atoms with Crippen molar-refractivity contribution in [3.8, 4) is 0 Å². The molecule has 1 amide bonds. The molecular formula is C11H18N4O3. The Kier molecular flexibility index (Phi) is 4.85. The normalized spacial score (nSPS) is 12.4. The summed E-state index contributed by atoms with van der Waals surface area (Å²) < 4.78 is 1.25. The van der Waals surface area contributed by atoms with Crippen molar-refractivity contribution < 1.29 is 14.7 Å². The monoisotopic (exact) mass is 254 g/mol. The van der Waals surface area contributed by atoms with Gasteiger partial charge in [0, 0.05) is 19.3 Å². The van der Waals surface area contributed by atoms with E-state index in [-0.39, 0.29) is 5.91 Å². The van der Waals surface area contributed by atoms with E-state index in [2.05, 4.69) is 10.4 Å². The van der Waals surface area contributed by atoms with Gasteiger partial charge in [0.15, 0.2) is 0 Å². The zero-order valence-corrected chi connectivity index (χ0v) is 10.8. The Hall–Kier alpha value is -1.89. The molecule has 18 heavy (non-hydrogen) atoms. The summed E-state index contributed by atoms with van der Waals surface area (Å²) in [5.74, 6) is -1.24. The van der Waals surface area contributed by atoms with Crippen LogP contribution in [0.5, 0.6) is 0 Å². The Morgan fingerprint density at radius 3 is 2.78 bits per heavy atom. The molecule has 0 saturated heterocycles. The average molecular weight is 254 g/mol. The third-order valence-electron chi connectivity index (χ3n) is 2.46. The van der Waals surface area contributed by atoms with E-state index in [0.29, 0.717) is 12.1 Å². The first kappa shape index (κ1) is 14.2. The van der Waals surface area contributed by atoms with Crippen LogP contribution in [-0.2, 0) is 4.79 Å². The van der Waals surface area contributed by atoms with Crippen molar-refractivity contribution in [1.82, 2.24) is 20.0 Å². The molecule has 0 fully saturated rings. The van der Waals surface area contributed by atoms with E-state index < -0.39 is 12.0 Å². The molecule has 1 atom stereocenters. The maximum atomic E-state index is 11.7. The van der Waals surface area contributed by atoms with Crippen LogP contribution in [0.25, 0.3) is 0 Å². The number of carboxylic acids is 1. The van der Waals surface area contributed by atoms with Crippen molar-refractivity contribution in [3.63, 3.8) is 0 Å². The third kappa shape index (κ3) is 3.85. The number of nitrogens with zero attached hydrogens (tertiary/aromatic N) is 3. The van der Waals surface area contributed by atoms with Crippen molar-refractivity contribution >= 4 is 11.9 Å². The molecule has 7 heteroatoms. The highest BCUT2D eigenvalue weighted by atomic mass is 16.4. The summed E-state index contributed by atoms with van der Waals surface area (Å²) in [4.78, 5) is 24.4. The van der Waals surface area contributed by atoms with Crippen molar-refractivity contribution in [2.24, 2.45) is 0 Å². The molecule has 0 aliphatic carbocycles. The summed E-state index contributed by atoms with van der Waals surface area (Å²) in [5, 5.41) is 15.4. The lowest BCUT2D eigenvalue weighted by Crippen LogP contribution is -2.31. The number of hydrogen-bond acceptors (Lipinski definition) is 4. The highest BCUT2D eigenvalue weighted by molar-refractivity contribution is 5.93. The number of likely N-dealkylation sites (N-methyl/N-ethyl adjacent to an activating group) is 1. The zero-order chi connectivity index (χ0) is 13.7. The van der Waals surface area contributed by atoms with Crippen molar-refractivity contribution in [1.29, 1.82) is 0 Å². The molecule has 1 unspecified atom stereocenters. The molecule has 0 saturated carbocycles. The van der Waals surface area contributed by atoms with Crippen LogP contribution in [0.1, 0.15) is 23.3 Å². The van der Waals surface area contributed by atoms with Crippen molar-refractivity contribution in [2.75, 3.05) is 27.2 Å². The fourth-order valence-electron chi connectivity index (χ4n) is 1.28. The van der Waals surface area contributed by atoms with Crippen LogP contribution in [0.2, 0.25) is 0 Å². The predicted octanol–water partition coefficient (Wildman–Crippen LogP) is -0.180. The molecule has 0 bridgehead atoms. The van der Waals surface area contributed by atoms with Crippen LogP contribution in [0.15, 0.2) is 12.4 Å². The first-order valence-corrected chi connectivity index (χ1v) is 5.61. The Labute approximate surface area is 105 Å². The molecule has 1 aromatic heterocycles. The number of aromatic nitrogens is 2. The van der Waals surface area contributed by atoms with Crippen molar-refractivity contribution in [2.45, 2.75) is 13.0 Å². The van der Waals surface area contributed by atoms with Gasteiger partial charge in [0.2, 0.25) is 0 Å². The van der Waals surface area contributed by atoms with Crippen LogP contribution in [0, 0.1) is 0 Å². The summed E-state index contributed by atoms with van der Waals surface area (Å²) in [6.07, 6.45) is 2.80. The molecule has 0 aliphatic heterocycles. The van der Waals surface area contributed by atoms with Gasteiger partial charge in [-0.25, -0.2) is 4.79 Å². The van der Waals surface area contributed by atoms with Gasteiger partial charge in [0.25, 0.3) is 5.91 Å². The van der Waals surface area contributed by atoms with E-state index >= 15 is 0 Å². The number of aliphatic carboxylic acids is 1. The topological polar surface area (TPSA) is 87.5 Å². The number of carbonyl (C=O) groups is 2. The molecule has 100 valence electrons. The molecule has 0 aromatic carbocycles. The second-order valence-corrected chi connectivity index (χ2v) is 4.28. The van der Waals surface area contributed by atoms with E-state index in [1.165, 1.54) is 24.0 Å². The van der Waals surface area contributed by atoms with Gasteiger partial charge in [-0.05, 0) is 21.0 Å². The van der Waals surface area contributed by atoms with Crippen LogP contribution in [0.3, 0.4) is 0 Å². The Bertz CT molecular complexity index is 428. The lowest BCUT2D eigenvalue weighted by Gasteiger charge is -2.09. The number of carboxylic acid groups (broad SMARTS) is 1. The van der Waals surface area contributed by atoms with Gasteiger partial charge in [-0.15, -0.1) is 0 Å². The largest absolute Gasteiger partial charge is 0.480 e. The molecule has 1 rings (SSSR count). The van der Waals surface area contributed by atoms with Gasteiger partial charge >= 0.3 is 5.97 Å². The molecule has 0 spiro atoms. The molecular weight excluding hydrogens is 236 g/mol. The van der Waals surface area contributed by atoms with E-state index in [4.69, 9.17) is 5.11 Å². The lowest BCUT2D eigenvalue weighted by molar-refractivity contribution is -0.140. The van der Waals surface area contributed by atoms with E-state index in [9.17, 15) is 9.59 Å². The molecule has 0 aliphatic rings. The minimum absolute atomic E-state index is 0.249. The molecule has 1 aromatic rings. The van der Waals surface area contributed by atoms with Crippen LogP contribution in [0.4, 0.5) is 0 Å². The Morgan fingerprint density at radius 2 is 2.22 bits per heavy atom. The number of carbonyl (C=O) groups excluding carboxylic acids is 1. The fourth-order valence-corrected chi connectivity index (χ4v) is 1.28. The molecule has 0 radical (unpaired) electrons. The molecule has 1 heterocycles. The highest BCUT2D eigenvalue weighted by Crippen LogP contribution is 2.06.